The number of ether oxygens (including phenoxy) is 2. The van der Waals surface area contributed by atoms with Gasteiger partial charge < -0.3 is 24.5 Å². The van der Waals surface area contributed by atoms with Gasteiger partial charge in [0.25, 0.3) is 0 Å². The molecule has 0 radical (unpaired) electrons. The van der Waals surface area contributed by atoms with Crippen molar-refractivity contribution in [2.75, 3.05) is 13.7 Å². The summed E-state index contributed by atoms with van der Waals surface area (Å²) in [5.41, 5.74) is 0. The summed E-state index contributed by atoms with van der Waals surface area (Å²) in [6, 6.07) is 0. The van der Waals surface area contributed by atoms with Gasteiger partial charge in [0, 0.05) is 7.11 Å². The van der Waals surface area contributed by atoms with Gasteiger partial charge in [-0.05, 0) is 19.8 Å². The molecule has 6 heteroatoms. The Balaban J connectivity index is 0.00000121. The van der Waals surface area contributed by atoms with Gasteiger partial charge in [0.05, 0.1) is 18.6 Å². The number of aliphatic hydroxyl groups excluding tert-OH is 2. The zero-order valence-electron chi connectivity index (χ0n) is 10.2. The van der Waals surface area contributed by atoms with Crippen molar-refractivity contribution in [2.45, 2.75) is 44.5 Å². The SMILES string of the molecule is CC1CCC(COC(=O)CC(O)C=O)O1.CO. The van der Waals surface area contributed by atoms with Gasteiger partial charge in [0.2, 0.25) is 0 Å². The first-order valence-corrected chi connectivity index (χ1v) is 5.51. The molecule has 1 rings (SSSR count). The molecule has 0 amide bonds. The maximum Gasteiger partial charge on any atom is 0.308 e. The van der Waals surface area contributed by atoms with Crippen LogP contribution in [0.2, 0.25) is 0 Å². The highest BCUT2D eigenvalue weighted by Gasteiger charge is 2.23. The molecule has 3 atom stereocenters. The van der Waals surface area contributed by atoms with Crippen LogP contribution in [0, 0.1) is 0 Å². The van der Waals surface area contributed by atoms with E-state index in [-0.39, 0.29) is 25.2 Å². The Morgan fingerprint density at radius 2 is 2.18 bits per heavy atom. The molecule has 0 aromatic carbocycles. The lowest BCUT2D eigenvalue weighted by atomic mass is 10.2. The van der Waals surface area contributed by atoms with Crippen molar-refractivity contribution < 1.29 is 29.3 Å². The summed E-state index contributed by atoms with van der Waals surface area (Å²) in [5.74, 6) is -0.572. The van der Waals surface area contributed by atoms with E-state index in [0.29, 0.717) is 6.29 Å². The maximum atomic E-state index is 11.1. The Hall–Kier alpha value is -0.980. The van der Waals surface area contributed by atoms with E-state index in [1.807, 2.05) is 6.92 Å². The highest BCUT2D eigenvalue weighted by atomic mass is 16.6. The van der Waals surface area contributed by atoms with Crippen molar-refractivity contribution in [3.8, 4) is 0 Å². The summed E-state index contributed by atoms with van der Waals surface area (Å²) in [4.78, 5) is 21.1. The molecule has 0 bridgehead atoms. The zero-order valence-corrected chi connectivity index (χ0v) is 10.2. The van der Waals surface area contributed by atoms with Gasteiger partial charge in [-0.25, -0.2) is 0 Å². The van der Waals surface area contributed by atoms with Crippen LogP contribution in [-0.2, 0) is 19.1 Å². The minimum absolute atomic E-state index is 0.0441. The van der Waals surface area contributed by atoms with Crippen LogP contribution in [0.25, 0.3) is 0 Å². The highest BCUT2D eigenvalue weighted by Crippen LogP contribution is 2.19. The van der Waals surface area contributed by atoms with Crippen molar-refractivity contribution in [1.82, 2.24) is 0 Å². The third kappa shape index (κ3) is 7.04. The minimum Gasteiger partial charge on any atom is -0.463 e. The lowest BCUT2D eigenvalue weighted by molar-refractivity contribution is -0.150. The number of hydrogen-bond donors (Lipinski definition) is 2. The molecule has 0 saturated carbocycles. The number of aldehydes is 1. The molecule has 3 unspecified atom stereocenters. The van der Waals surface area contributed by atoms with E-state index in [1.165, 1.54) is 0 Å². The molecule has 0 aromatic heterocycles. The predicted molar refractivity (Wildman–Crippen MR) is 59.4 cm³/mol. The van der Waals surface area contributed by atoms with Crippen molar-refractivity contribution in [2.24, 2.45) is 0 Å². The quantitative estimate of drug-likeness (QED) is 0.510. The van der Waals surface area contributed by atoms with Crippen molar-refractivity contribution in [3.05, 3.63) is 0 Å². The topological polar surface area (TPSA) is 93.1 Å². The second kappa shape index (κ2) is 9.09. The summed E-state index contributed by atoms with van der Waals surface area (Å²) >= 11 is 0. The number of carbonyl (C=O) groups excluding carboxylic acids is 2. The molecule has 17 heavy (non-hydrogen) atoms. The van der Waals surface area contributed by atoms with Gasteiger partial charge in [-0.2, -0.15) is 0 Å². The number of aliphatic hydroxyl groups is 2. The first kappa shape index (κ1) is 16.0. The third-order valence-corrected chi connectivity index (χ3v) is 2.28. The number of esters is 1. The van der Waals surface area contributed by atoms with E-state index < -0.39 is 12.1 Å². The second-order valence-electron chi connectivity index (χ2n) is 3.74. The Morgan fingerprint density at radius 1 is 1.53 bits per heavy atom. The van der Waals surface area contributed by atoms with Crippen LogP contribution in [-0.4, -0.2) is 54.5 Å². The third-order valence-electron chi connectivity index (χ3n) is 2.28. The van der Waals surface area contributed by atoms with Crippen LogP contribution < -0.4 is 0 Å². The van der Waals surface area contributed by atoms with Gasteiger partial charge >= 0.3 is 5.97 Å². The van der Waals surface area contributed by atoms with E-state index >= 15 is 0 Å². The molecule has 1 saturated heterocycles. The fourth-order valence-electron chi connectivity index (χ4n) is 1.47. The van der Waals surface area contributed by atoms with Crippen molar-refractivity contribution in [3.63, 3.8) is 0 Å². The molecular formula is C11H20O6. The largest absolute Gasteiger partial charge is 0.463 e. The summed E-state index contributed by atoms with van der Waals surface area (Å²) < 4.78 is 10.3. The second-order valence-corrected chi connectivity index (χ2v) is 3.74. The monoisotopic (exact) mass is 248 g/mol. The Morgan fingerprint density at radius 3 is 2.65 bits per heavy atom. The standard InChI is InChI=1S/C10H16O5.CH4O/c1-7-2-3-9(15-7)6-14-10(13)4-8(12)5-11;1-2/h5,7-9,12H,2-4,6H2,1H3;2H,1H3. The molecule has 1 heterocycles. The van der Waals surface area contributed by atoms with E-state index in [1.54, 1.807) is 0 Å². The first-order valence-electron chi connectivity index (χ1n) is 5.51. The van der Waals surface area contributed by atoms with Crippen LogP contribution in [0.4, 0.5) is 0 Å². The molecule has 0 aromatic rings. The molecule has 1 aliphatic heterocycles. The average Bonchev–Trinajstić information content (AvgIpc) is 2.75. The molecule has 1 aliphatic rings. The summed E-state index contributed by atoms with van der Waals surface area (Å²) in [6.45, 7) is 2.17. The molecule has 2 N–H and O–H groups in total. The molecular weight excluding hydrogens is 228 g/mol. The van der Waals surface area contributed by atoms with E-state index in [9.17, 15) is 9.59 Å². The van der Waals surface area contributed by atoms with E-state index in [0.717, 1.165) is 20.0 Å². The summed E-state index contributed by atoms with van der Waals surface area (Å²) in [7, 11) is 1.00. The van der Waals surface area contributed by atoms with E-state index in [4.69, 9.17) is 19.7 Å². The Kier molecular flexibility index (Phi) is 8.57. The van der Waals surface area contributed by atoms with E-state index in [2.05, 4.69) is 0 Å². The van der Waals surface area contributed by atoms with Gasteiger partial charge in [-0.1, -0.05) is 0 Å². The van der Waals surface area contributed by atoms with Crippen molar-refractivity contribution >= 4 is 12.3 Å². The fraction of sp³-hybridized carbons (Fsp3) is 0.818. The smallest absolute Gasteiger partial charge is 0.308 e. The Bertz CT molecular complexity index is 230. The minimum atomic E-state index is -1.26. The van der Waals surface area contributed by atoms with Crippen molar-refractivity contribution in [1.29, 1.82) is 0 Å². The lowest BCUT2D eigenvalue weighted by Crippen LogP contribution is -2.22. The molecule has 0 aliphatic carbocycles. The number of carbonyl (C=O) groups is 2. The molecule has 100 valence electrons. The van der Waals surface area contributed by atoms with Crippen LogP contribution >= 0.6 is 0 Å². The van der Waals surface area contributed by atoms with Gasteiger partial charge in [-0.15, -0.1) is 0 Å². The number of rotatable bonds is 5. The van der Waals surface area contributed by atoms with Crippen LogP contribution in [0.15, 0.2) is 0 Å². The van der Waals surface area contributed by atoms with Crippen LogP contribution in [0.1, 0.15) is 26.2 Å². The molecule has 1 fully saturated rings. The lowest BCUT2D eigenvalue weighted by Gasteiger charge is -2.11. The fourth-order valence-corrected chi connectivity index (χ4v) is 1.47. The molecule has 6 nitrogen and oxygen atoms in total. The van der Waals surface area contributed by atoms with Crippen LogP contribution in [0.3, 0.4) is 0 Å². The first-order chi connectivity index (χ1) is 8.11. The average molecular weight is 248 g/mol. The van der Waals surface area contributed by atoms with Gasteiger partial charge in [0.1, 0.15) is 19.0 Å². The predicted octanol–water partition coefficient (Wildman–Crippen LogP) is -0.345. The summed E-state index contributed by atoms with van der Waals surface area (Å²) in [5, 5.41) is 15.9. The van der Waals surface area contributed by atoms with Crippen LogP contribution in [0.5, 0.6) is 0 Å². The summed E-state index contributed by atoms with van der Waals surface area (Å²) in [6.07, 6.45) is 0.790. The molecule has 0 spiro atoms. The normalized spacial score (nSPS) is 24.5. The van der Waals surface area contributed by atoms with Gasteiger partial charge in [-0.3, -0.25) is 4.79 Å². The highest BCUT2D eigenvalue weighted by molar-refractivity contribution is 5.74. The Labute approximate surface area is 101 Å². The van der Waals surface area contributed by atoms with Gasteiger partial charge in [0.15, 0.2) is 0 Å². The maximum absolute atomic E-state index is 11.1. The zero-order chi connectivity index (χ0) is 13.3. The number of hydrogen-bond acceptors (Lipinski definition) is 6.